The number of aromatic hydroxyl groups is 1. The van der Waals surface area contributed by atoms with E-state index in [1.54, 1.807) is 12.1 Å². The Balaban J connectivity index is 3.10. The lowest BCUT2D eigenvalue weighted by atomic mass is 10.2. The Bertz CT molecular complexity index is 226. The molecule has 1 rings (SSSR count). The molecular formula is C8H9FO2. The standard InChI is InChI=1S/C8H9FO2/c1-11-7-4-2-3-6(5-9)8(7)10/h2-4,10H,5H2,1H3. The Morgan fingerprint density at radius 2 is 2.27 bits per heavy atom. The van der Waals surface area contributed by atoms with Gasteiger partial charge in [-0.3, -0.25) is 0 Å². The minimum Gasteiger partial charge on any atom is -0.504 e. The third kappa shape index (κ3) is 1.42. The van der Waals surface area contributed by atoms with Crippen molar-refractivity contribution in [2.45, 2.75) is 6.67 Å². The fraction of sp³-hybridized carbons (Fsp3) is 0.250. The van der Waals surface area contributed by atoms with Gasteiger partial charge in [-0.1, -0.05) is 12.1 Å². The van der Waals surface area contributed by atoms with Crippen molar-refractivity contribution in [3.63, 3.8) is 0 Å². The topological polar surface area (TPSA) is 29.5 Å². The number of alkyl halides is 1. The van der Waals surface area contributed by atoms with Gasteiger partial charge in [-0.05, 0) is 6.07 Å². The summed E-state index contributed by atoms with van der Waals surface area (Å²) in [5, 5.41) is 9.22. The smallest absolute Gasteiger partial charge is 0.163 e. The van der Waals surface area contributed by atoms with Gasteiger partial charge >= 0.3 is 0 Å². The molecule has 11 heavy (non-hydrogen) atoms. The Morgan fingerprint density at radius 3 is 2.82 bits per heavy atom. The van der Waals surface area contributed by atoms with Gasteiger partial charge < -0.3 is 9.84 Å². The number of hydrogen-bond acceptors (Lipinski definition) is 2. The van der Waals surface area contributed by atoms with Gasteiger partial charge in [-0.25, -0.2) is 4.39 Å². The molecule has 0 aromatic heterocycles. The Morgan fingerprint density at radius 1 is 1.55 bits per heavy atom. The molecule has 0 spiro atoms. The molecular weight excluding hydrogens is 147 g/mol. The zero-order valence-corrected chi connectivity index (χ0v) is 6.17. The molecule has 0 aliphatic rings. The largest absolute Gasteiger partial charge is 0.504 e. The highest BCUT2D eigenvalue weighted by Gasteiger charge is 2.05. The number of hydrogen-bond donors (Lipinski definition) is 1. The maximum absolute atomic E-state index is 12.1. The number of phenols is 1. The molecule has 0 unspecified atom stereocenters. The van der Waals surface area contributed by atoms with Gasteiger partial charge in [-0.15, -0.1) is 0 Å². The third-order valence-electron chi connectivity index (χ3n) is 1.45. The lowest BCUT2D eigenvalue weighted by Gasteiger charge is -2.04. The molecule has 0 saturated carbocycles. The van der Waals surface area contributed by atoms with Gasteiger partial charge in [0.05, 0.1) is 7.11 Å². The van der Waals surface area contributed by atoms with Gasteiger partial charge in [0.2, 0.25) is 0 Å². The third-order valence-corrected chi connectivity index (χ3v) is 1.45. The van der Waals surface area contributed by atoms with Crippen molar-refractivity contribution in [3.05, 3.63) is 23.8 Å². The van der Waals surface area contributed by atoms with Crippen molar-refractivity contribution in [2.24, 2.45) is 0 Å². The van der Waals surface area contributed by atoms with Crippen molar-refractivity contribution in [2.75, 3.05) is 7.11 Å². The van der Waals surface area contributed by atoms with Crippen LogP contribution in [0.2, 0.25) is 0 Å². The molecule has 1 aromatic rings. The highest BCUT2D eigenvalue weighted by atomic mass is 19.1. The lowest BCUT2D eigenvalue weighted by molar-refractivity contribution is 0.363. The molecule has 0 bridgehead atoms. The molecule has 1 N–H and O–H groups in total. The van der Waals surface area contributed by atoms with E-state index in [1.807, 2.05) is 0 Å². The second-order valence-electron chi connectivity index (χ2n) is 2.10. The van der Waals surface area contributed by atoms with Crippen LogP contribution < -0.4 is 4.74 Å². The second kappa shape index (κ2) is 3.23. The van der Waals surface area contributed by atoms with Crippen molar-refractivity contribution < 1.29 is 14.2 Å². The highest BCUT2D eigenvalue weighted by molar-refractivity contribution is 5.44. The normalized spacial score (nSPS) is 9.64. The van der Waals surface area contributed by atoms with Crippen molar-refractivity contribution in [3.8, 4) is 11.5 Å². The van der Waals surface area contributed by atoms with Crippen molar-refractivity contribution in [1.82, 2.24) is 0 Å². The first-order chi connectivity index (χ1) is 5.29. The molecule has 0 aliphatic carbocycles. The molecule has 0 saturated heterocycles. The predicted octanol–water partition coefficient (Wildman–Crippen LogP) is 1.87. The van der Waals surface area contributed by atoms with Crippen LogP contribution in [0.3, 0.4) is 0 Å². The van der Waals surface area contributed by atoms with E-state index in [9.17, 15) is 9.50 Å². The summed E-state index contributed by atoms with van der Waals surface area (Å²) >= 11 is 0. The maximum atomic E-state index is 12.1. The molecule has 0 radical (unpaired) electrons. The fourth-order valence-electron chi connectivity index (χ4n) is 0.840. The van der Waals surface area contributed by atoms with Gasteiger partial charge in [0, 0.05) is 5.56 Å². The van der Waals surface area contributed by atoms with Crippen LogP contribution in [0.4, 0.5) is 4.39 Å². The molecule has 0 atom stereocenters. The number of halogens is 1. The number of ether oxygens (including phenoxy) is 1. The molecule has 60 valence electrons. The zero-order valence-electron chi connectivity index (χ0n) is 6.17. The Hall–Kier alpha value is -1.25. The second-order valence-corrected chi connectivity index (χ2v) is 2.10. The van der Waals surface area contributed by atoms with E-state index in [2.05, 4.69) is 0 Å². The number of benzene rings is 1. The van der Waals surface area contributed by atoms with Crippen LogP contribution in [-0.2, 0) is 6.67 Å². The van der Waals surface area contributed by atoms with Gasteiger partial charge in [0.15, 0.2) is 11.5 Å². The number of methoxy groups -OCH3 is 1. The summed E-state index contributed by atoms with van der Waals surface area (Å²) in [5.74, 6) is 0.192. The summed E-state index contributed by atoms with van der Waals surface area (Å²) in [6.07, 6.45) is 0. The van der Waals surface area contributed by atoms with E-state index in [1.165, 1.54) is 13.2 Å². The predicted molar refractivity (Wildman–Crippen MR) is 39.5 cm³/mol. The lowest BCUT2D eigenvalue weighted by Crippen LogP contribution is -1.86. The van der Waals surface area contributed by atoms with Crippen LogP contribution in [0.15, 0.2) is 18.2 Å². The van der Waals surface area contributed by atoms with E-state index < -0.39 is 6.67 Å². The average Bonchev–Trinajstić information content (AvgIpc) is 2.05. The van der Waals surface area contributed by atoms with E-state index in [0.29, 0.717) is 5.75 Å². The highest BCUT2D eigenvalue weighted by Crippen LogP contribution is 2.29. The molecule has 0 heterocycles. The van der Waals surface area contributed by atoms with Crippen LogP contribution in [0.25, 0.3) is 0 Å². The number of phenolic OH excluding ortho intramolecular Hbond substituents is 1. The minimum absolute atomic E-state index is 0.113. The summed E-state index contributed by atoms with van der Waals surface area (Å²) < 4.78 is 16.9. The van der Waals surface area contributed by atoms with Crippen LogP contribution in [-0.4, -0.2) is 12.2 Å². The number of para-hydroxylation sites is 1. The first kappa shape index (κ1) is 7.85. The number of rotatable bonds is 2. The summed E-state index contributed by atoms with van der Waals surface area (Å²) in [5.41, 5.74) is 0.254. The summed E-state index contributed by atoms with van der Waals surface area (Å²) in [7, 11) is 1.43. The quantitative estimate of drug-likeness (QED) is 0.708. The Kier molecular flexibility index (Phi) is 2.31. The van der Waals surface area contributed by atoms with E-state index in [4.69, 9.17) is 4.74 Å². The summed E-state index contributed by atoms with van der Waals surface area (Å²) in [6.45, 7) is -0.678. The van der Waals surface area contributed by atoms with Crippen molar-refractivity contribution in [1.29, 1.82) is 0 Å². The molecule has 0 amide bonds. The molecule has 1 aromatic carbocycles. The minimum atomic E-state index is -0.678. The van der Waals surface area contributed by atoms with Gasteiger partial charge in [0.1, 0.15) is 6.67 Å². The Labute approximate surface area is 64.2 Å². The van der Waals surface area contributed by atoms with E-state index in [-0.39, 0.29) is 11.3 Å². The monoisotopic (exact) mass is 156 g/mol. The molecule has 3 heteroatoms. The van der Waals surface area contributed by atoms with Crippen LogP contribution in [0.1, 0.15) is 5.56 Å². The first-order valence-electron chi connectivity index (χ1n) is 3.20. The molecule has 0 fully saturated rings. The average molecular weight is 156 g/mol. The van der Waals surface area contributed by atoms with E-state index >= 15 is 0 Å². The maximum Gasteiger partial charge on any atom is 0.163 e. The first-order valence-corrected chi connectivity index (χ1v) is 3.20. The fourth-order valence-corrected chi connectivity index (χ4v) is 0.840. The summed E-state index contributed by atoms with van der Waals surface area (Å²) in [6, 6.07) is 4.72. The SMILES string of the molecule is COc1cccc(CF)c1O. The molecule has 0 aliphatic heterocycles. The summed E-state index contributed by atoms with van der Waals surface area (Å²) in [4.78, 5) is 0. The van der Waals surface area contributed by atoms with Crippen molar-refractivity contribution >= 4 is 0 Å². The van der Waals surface area contributed by atoms with Crippen LogP contribution in [0.5, 0.6) is 11.5 Å². The zero-order chi connectivity index (χ0) is 8.27. The van der Waals surface area contributed by atoms with Crippen LogP contribution >= 0.6 is 0 Å². The van der Waals surface area contributed by atoms with Gasteiger partial charge in [0.25, 0.3) is 0 Å². The van der Waals surface area contributed by atoms with Crippen LogP contribution in [0, 0.1) is 0 Å². The van der Waals surface area contributed by atoms with E-state index in [0.717, 1.165) is 0 Å². The van der Waals surface area contributed by atoms with Gasteiger partial charge in [-0.2, -0.15) is 0 Å². The molecule has 2 nitrogen and oxygen atoms in total.